The molecule has 1 unspecified atom stereocenters. The predicted molar refractivity (Wildman–Crippen MR) is 69.4 cm³/mol. The van der Waals surface area contributed by atoms with Gasteiger partial charge in [-0.2, -0.15) is 0 Å². The summed E-state index contributed by atoms with van der Waals surface area (Å²) in [7, 11) is 0. The van der Waals surface area contributed by atoms with E-state index >= 15 is 0 Å². The summed E-state index contributed by atoms with van der Waals surface area (Å²) >= 11 is 0. The van der Waals surface area contributed by atoms with Crippen LogP contribution in [0, 0.1) is 5.92 Å². The second-order valence-electron chi connectivity index (χ2n) is 7.17. The highest BCUT2D eigenvalue weighted by Crippen LogP contribution is 2.40. The van der Waals surface area contributed by atoms with Crippen molar-refractivity contribution in [2.75, 3.05) is 0 Å². The zero-order chi connectivity index (χ0) is 12.8. The highest BCUT2D eigenvalue weighted by atomic mass is 16.5. The minimum atomic E-state index is -0.153. The molecule has 0 amide bonds. The third-order valence-corrected chi connectivity index (χ3v) is 3.07. The van der Waals surface area contributed by atoms with E-state index in [2.05, 4.69) is 60.4 Å². The molecule has 0 aromatic heterocycles. The molecule has 0 radical (unpaired) electrons. The molecule has 1 fully saturated rings. The molecule has 94 valence electrons. The molecular weight excluding hydrogens is 198 g/mol. The van der Waals surface area contributed by atoms with Gasteiger partial charge in [0.2, 0.25) is 0 Å². The van der Waals surface area contributed by atoms with Crippen molar-refractivity contribution < 1.29 is 4.74 Å². The van der Waals surface area contributed by atoms with E-state index in [1.165, 1.54) is 0 Å². The summed E-state index contributed by atoms with van der Waals surface area (Å²) in [6.45, 7) is 19.2. The van der Waals surface area contributed by atoms with Crippen LogP contribution in [0.2, 0.25) is 0 Å². The fourth-order valence-electron chi connectivity index (χ4n) is 2.76. The lowest BCUT2D eigenvalue weighted by Crippen LogP contribution is -2.45. The van der Waals surface area contributed by atoms with Crippen LogP contribution in [0.4, 0.5) is 0 Å². The summed E-state index contributed by atoms with van der Waals surface area (Å²) in [5.41, 5.74) is 0.0735. The maximum absolute atomic E-state index is 5.92. The zero-order valence-electron chi connectivity index (χ0n) is 11.9. The number of hydrogen-bond acceptors (Lipinski definition) is 2. The number of ether oxygens (including phenoxy) is 1. The molecule has 0 aromatic rings. The van der Waals surface area contributed by atoms with Crippen LogP contribution >= 0.6 is 0 Å². The Hall–Kier alpha value is -0.500. The van der Waals surface area contributed by atoms with Crippen molar-refractivity contribution in [1.29, 1.82) is 0 Å². The van der Waals surface area contributed by atoms with Gasteiger partial charge >= 0.3 is 0 Å². The van der Waals surface area contributed by atoms with E-state index in [9.17, 15) is 0 Å². The van der Waals surface area contributed by atoms with Crippen LogP contribution in [0.25, 0.3) is 0 Å². The average molecular weight is 225 g/mol. The quantitative estimate of drug-likeness (QED) is 0.726. The Kier molecular flexibility index (Phi) is 3.19. The molecule has 0 aliphatic carbocycles. The summed E-state index contributed by atoms with van der Waals surface area (Å²) in [6, 6.07) is 0. The van der Waals surface area contributed by atoms with E-state index in [4.69, 9.17) is 4.74 Å². The van der Waals surface area contributed by atoms with Crippen molar-refractivity contribution >= 4 is 0 Å². The largest absolute Gasteiger partial charge is 0.493 e. The molecule has 1 rings (SSSR count). The zero-order valence-corrected chi connectivity index (χ0v) is 11.9. The van der Waals surface area contributed by atoms with Crippen LogP contribution in [0.5, 0.6) is 0 Å². The maximum atomic E-state index is 5.92. The second kappa shape index (κ2) is 3.76. The molecule has 1 saturated heterocycles. The highest BCUT2D eigenvalue weighted by Gasteiger charge is 2.46. The van der Waals surface area contributed by atoms with Crippen molar-refractivity contribution in [1.82, 2.24) is 5.32 Å². The van der Waals surface area contributed by atoms with Gasteiger partial charge in [-0.05, 0) is 54.9 Å². The SMILES string of the molecule is C=C(OC(C)(C)C)C1CC(C)(C)NC1(C)C. The summed E-state index contributed by atoms with van der Waals surface area (Å²) < 4.78 is 5.92. The maximum Gasteiger partial charge on any atom is 0.100 e. The topological polar surface area (TPSA) is 21.3 Å². The molecule has 16 heavy (non-hydrogen) atoms. The summed E-state index contributed by atoms with van der Waals surface area (Å²) in [6.07, 6.45) is 1.08. The standard InChI is InChI=1S/C14H27NO/c1-10(16-12(2,3)4)11-9-13(5,6)15-14(11,7)8/h11,15H,1,9H2,2-8H3. The van der Waals surface area contributed by atoms with Crippen LogP contribution < -0.4 is 5.32 Å². The van der Waals surface area contributed by atoms with Gasteiger partial charge in [0.25, 0.3) is 0 Å². The van der Waals surface area contributed by atoms with Gasteiger partial charge in [0, 0.05) is 17.0 Å². The monoisotopic (exact) mass is 225 g/mol. The van der Waals surface area contributed by atoms with Crippen LogP contribution in [-0.2, 0) is 4.74 Å². The van der Waals surface area contributed by atoms with Gasteiger partial charge in [0.05, 0.1) is 5.76 Å². The van der Waals surface area contributed by atoms with E-state index in [-0.39, 0.29) is 16.7 Å². The molecule has 1 N–H and O–H groups in total. The Morgan fingerprint density at radius 3 is 2.06 bits per heavy atom. The van der Waals surface area contributed by atoms with E-state index in [0.717, 1.165) is 12.2 Å². The van der Waals surface area contributed by atoms with E-state index in [0.29, 0.717) is 5.92 Å². The second-order valence-corrected chi connectivity index (χ2v) is 7.17. The van der Waals surface area contributed by atoms with Crippen LogP contribution in [0.3, 0.4) is 0 Å². The van der Waals surface area contributed by atoms with E-state index in [1.54, 1.807) is 0 Å². The third-order valence-electron chi connectivity index (χ3n) is 3.07. The Labute approximate surface area is 100 Å². The molecule has 2 nitrogen and oxygen atoms in total. The Bertz CT molecular complexity index is 284. The summed E-state index contributed by atoms with van der Waals surface area (Å²) in [4.78, 5) is 0. The Balaban J connectivity index is 2.78. The third kappa shape index (κ3) is 3.24. The number of nitrogens with one attached hydrogen (secondary N) is 1. The molecule has 1 atom stereocenters. The van der Waals surface area contributed by atoms with Gasteiger partial charge in [-0.15, -0.1) is 0 Å². The first-order chi connectivity index (χ1) is 6.93. The lowest BCUT2D eigenvalue weighted by molar-refractivity contribution is 0.0279. The van der Waals surface area contributed by atoms with Crippen molar-refractivity contribution in [3.05, 3.63) is 12.3 Å². The molecule has 0 bridgehead atoms. The minimum absolute atomic E-state index is 0.0613. The predicted octanol–water partition coefficient (Wildman–Crippen LogP) is 3.48. The number of hydrogen-bond donors (Lipinski definition) is 1. The van der Waals surface area contributed by atoms with E-state index in [1.807, 2.05) is 0 Å². The van der Waals surface area contributed by atoms with Crippen LogP contribution in [-0.4, -0.2) is 16.7 Å². The van der Waals surface area contributed by atoms with Gasteiger partial charge in [-0.25, -0.2) is 0 Å². The van der Waals surface area contributed by atoms with Gasteiger partial charge in [0.1, 0.15) is 5.60 Å². The first kappa shape index (κ1) is 13.6. The van der Waals surface area contributed by atoms with Crippen molar-refractivity contribution in [3.8, 4) is 0 Å². The van der Waals surface area contributed by atoms with E-state index < -0.39 is 0 Å². The molecule has 1 aliphatic heterocycles. The summed E-state index contributed by atoms with van der Waals surface area (Å²) in [5.74, 6) is 1.29. The lowest BCUT2D eigenvalue weighted by atomic mass is 9.85. The number of rotatable bonds is 2. The average Bonchev–Trinajstić information content (AvgIpc) is 2.14. The van der Waals surface area contributed by atoms with Crippen molar-refractivity contribution in [2.24, 2.45) is 5.92 Å². The van der Waals surface area contributed by atoms with Gasteiger partial charge in [0.15, 0.2) is 0 Å². The van der Waals surface area contributed by atoms with Crippen molar-refractivity contribution in [2.45, 2.75) is 71.6 Å². The molecule has 0 saturated carbocycles. The fraction of sp³-hybridized carbons (Fsp3) is 0.857. The minimum Gasteiger partial charge on any atom is -0.493 e. The van der Waals surface area contributed by atoms with Crippen molar-refractivity contribution in [3.63, 3.8) is 0 Å². The summed E-state index contributed by atoms with van der Waals surface area (Å²) in [5, 5.41) is 3.65. The Morgan fingerprint density at radius 2 is 1.75 bits per heavy atom. The lowest BCUT2D eigenvalue weighted by Gasteiger charge is -2.32. The smallest absolute Gasteiger partial charge is 0.100 e. The van der Waals surface area contributed by atoms with Gasteiger partial charge in [-0.3, -0.25) is 0 Å². The molecular formula is C14H27NO. The van der Waals surface area contributed by atoms with Crippen LogP contribution in [0.15, 0.2) is 12.3 Å². The first-order valence-electron chi connectivity index (χ1n) is 6.10. The molecule has 0 spiro atoms. The highest BCUT2D eigenvalue weighted by molar-refractivity contribution is 5.13. The Morgan fingerprint density at radius 1 is 1.25 bits per heavy atom. The fourth-order valence-corrected chi connectivity index (χ4v) is 2.76. The molecule has 0 aromatic carbocycles. The van der Waals surface area contributed by atoms with Gasteiger partial charge < -0.3 is 10.1 Å². The molecule has 1 heterocycles. The molecule has 2 heteroatoms. The normalized spacial score (nSPS) is 27.8. The van der Waals surface area contributed by atoms with Crippen LogP contribution in [0.1, 0.15) is 54.9 Å². The van der Waals surface area contributed by atoms with Gasteiger partial charge in [-0.1, -0.05) is 6.58 Å². The molecule has 1 aliphatic rings. The first-order valence-corrected chi connectivity index (χ1v) is 6.10.